The van der Waals surface area contributed by atoms with Crippen molar-refractivity contribution >= 4 is 18.2 Å². The molecule has 0 radical (unpaired) electrons. The van der Waals surface area contributed by atoms with Gasteiger partial charge in [0.1, 0.15) is 0 Å². The molecule has 1 nitrogen and oxygen atoms in total. The molecule has 0 saturated carbocycles. The Balaban J connectivity index is 0.000000224. The molecule has 0 bridgehead atoms. The van der Waals surface area contributed by atoms with E-state index in [4.69, 9.17) is 5.26 Å². The van der Waals surface area contributed by atoms with Gasteiger partial charge in [-0.05, 0) is 16.7 Å². The van der Waals surface area contributed by atoms with Crippen LogP contribution >= 0.6 is 0 Å². The van der Waals surface area contributed by atoms with Crippen molar-refractivity contribution in [3.8, 4) is 6.07 Å². The zero-order valence-corrected chi connectivity index (χ0v) is 12.5. The molecule has 1 heteroatoms. The van der Waals surface area contributed by atoms with Gasteiger partial charge in [-0.1, -0.05) is 98.1 Å². The molecule has 2 aromatic rings. The largest absolute Gasteiger partial charge is 0.193 e. The number of allylic oxidation sites excluding steroid dienone is 3. The summed E-state index contributed by atoms with van der Waals surface area (Å²) < 4.78 is 0. The molecule has 2 rings (SSSR count). The molecule has 0 amide bonds. The Kier molecular flexibility index (Phi) is 8.20. The predicted molar refractivity (Wildman–Crippen MR) is 96.9 cm³/mol. The number of nitrogens with zero attached hydrogens (tertiary/aromatic N) is 1. The average Bonchev–Trinajstić information content (AvgIpc) is 2.60. The van der Waals surface area contributed by atoms with Gasteiger partial charge >= 0.3 is 0 Å². The van der Waals surface area contributed by atoms with Gasteiger partial charge in [0.05, 0.1) is 6.07 Å². The zero-order valence-electron chi connectivity index (χ0n) is 12.5. The Labute approximate surface area is 132 Å². The summed E-state index contributed by atoms with van der Waals surface area (Å²) in [6.07, 6.45) is 10.6. The van der Waals surface area contributed by atoms with E-state index >= 15 is 0 Å². The normalized spacial score (nSPS) is 9.77. The second kappa shape index (κ2) is 10.7. The zero-order chi connectivity index (χ0) is 16.0. The lowest BCUT2D eigenvalue weighted by atomic mass is 10.1. The topological polar surface area (TPSA) is 23.8 Å². The van der Waals surface area contributed by atoms with E-state index in [2.05, 4.69) is 13.2 Å². The van der Waals surface area contributed by atoms with Crippen LogP contribution in [0.2, 0.25) is 0 Å². The molecule has 0 atom stereocenters. The van der Waals surface area contributed by atoms with Crippen molar-refractivity contribution < 1.29 is 0 Å². The first kappa shape index (κ1) is 16.9. The van der Waals surface area contributed by atoms with E-state index in [1.807, 2.05) is 85.0 Å². The third kappa shape index (κ3) is 6.36. The highest BCUT2D eigenvalue weighted by Gasteiger charge is 1.89. The Hall–Kier alpha value is -3.11. The lowest BCUT2D eigenvalue weighted by Crippen LogP contribution is -1.76. The Morgan fingerprint density at radius 2 is 1.32 bits per heavy atom. The van der Waals surface area contributed by atoms with Crippen LogP contribution in [0.25, 0.3) is 18.2 Å². The summed E-state index contributed by atoms with van der Waals surface area (Å²) in [5, 5.41) is 8.19. The van der Waals surface area contributed by atoms with Crippen molar-refractivity contribution in [2.45, 2.75) is 0 Å². The van der Waals surface area contributed by atoms with Crippen molar-refractivity contribution in [3.63, 3.8) is 0 Å². The van der Waals surface area contributed by atoms with E-state index in [-0.39, 0.29) is 0 Å². The molecule has 0 heterocycles. The number of benzene rings is 2. The van der Waals surface area contributed by atoms with Crippen molar-refractivity contribution in [3.05, 3.63) is 103 Å². The molecular formula is C21H19N. The molecule has 0 aromatic heterocycles. The maximum absolute atomic E-state index is 8.19. The lowest BCUT2D eigenvalue weighted by Gasteiger charge is -1.96. The summed E-state index contributed by atoms with van der Waals surface area (Å²) in [5.74, 6) is 0. The average molecular weight is 285 g/mol. The van der Waals surface area contributed by atoms with Crippen LogP contribution in [-0.2, 0) is 0 Å². The molecule has 0 aliphatic rings. The first-order valence-electron chi connectivity index (χ1n) is 6.93. The number of hydrogen-bond acceptors (Lipinski definition) is 1. The molecule has 108 valence electrons. The van der Waals surface area contributed by atoms with Gasteiger partial charge in [-0.2, -0.15) is 5.26 Å². The van der Waals surface area contributed by atoms with E-state index in [0.717, 1.165) is 16.7 Å². The number of rotatable bonds is 4. The van der Waals surface area contributed by atoms with Crippen LogP contribution in [-0.4, -0.2) is 0 Å². The second-order valence-electron chi connectivity index (χ2n) is 4.30. The SMILES string of the molecule is C=Cc1ccccc1C=C.N#CC=CC=Cc1ccccc1. The van der Waals surface area contributed by atoms with Crippen LogP contribution in [0.1, 0.15) is 16.7 Å². The molecule has 0 spiro atoms. The fourth-order valence-corrected chi connectivity index (χ4v) is 1.71. The van der Waals surface area contributed by atoms with Crippen LogP contribution in [0.5, 0.6) is 0 Å². The minimum atomic E-state index is 1.14. The number of hydrogen-bond donors (Lipinski definition) is 0. The molecule has 0 aliphatic carbocycles. The van der Waals surface area contributed by atoms with Gasteiger partial charge in [0.15, 0.2) is 0 Å². The smallest absolute Gasteiger partial charge is 0.0912 e. The monoisotopic (exact) mass is 285 g/mol. The predicted octanol–water partition coefficient (Wildman–Crippen LogP) is 5.75. The Morgan fingerprint density at radius 1 is 0.773 bits per heavy atom. The maximum atomic E-state index is 8.19. The second-order valence-corrected chi connectivity index (χ2v) is 4.30. The molecular weight excluding hydrogens is 266 g/mol. The molecule has 0 aliphatic heterocycles. The molecule has 22 heavy (non-hydrogen) atoms. The van der Waals surface area contributed by atoms with Crippen molar-refractivity contribution in [1.29, 1.82) is 5.26 Å². The van der Waals surface area contributed by atoms with Crippen molar-refractivity contribution in [2.24, 2.45) is 0 Å². The van der Waals surface area contributed by atoms with E-state index in [1.54, 1.807) is 6.08 Å². The van der Waals surface area contributed by atoms with Crippen molar-refractivity contribution in [1.82, 2.24) is 0 Å². The van der Waals surface area contributed by atoms with E-state index < -0.39 is 0 Å². The Morgan fingerprint density at radius 3 is 1.82 bits per heavy atom. The summed E-state index contributed by atoms with van der Waals surface area (Å²) in [4.78, 5) is 0. The summed E-state index contributed by atoms with van der Waals surface area (Å²) in [6, 6.07) is 19.9. The molecule has 2 aromatic carbocycles. The lowest BCUT2D eigenvalue weighted by molar-refractivity contribution is 1.53. The minimum Gasteiger partial charge on any atom is -0.193 e. The Bertz CT molecular complexity index is 658. The highest BCUT2D eigenvalue weighted by Crippen LogP contribution is 2.10. The molecule has 0 saturated heterocycles. The van der Waals surface area contributed by atoms with Gasteiger partial charge in [-0.3, -0.25) is 0 Å². The van der Waals surface area contributed by atoms with Gasteiger partial charge in [-0.25, -0.2) is 0 Å². The van der Waals surface area contributed by atoms with Gasteiger partial charge in [0.25, 0.3) is 0 Å². The van der Waals surface area contributed by atoms with Gasteiger partial charge < -0.3 is 0 Å². The summed E-state index contributed by atoms with van der Waals surface area (Å²) in [7, 11) is 0. The van der Waals surface area contributed by atoms with Gasteiger partial charge in [-0.15, -0.1) is 0 Å². The first-order valence-corrected chi connectivity index (χ1v) is 6.93. The fraction of sp³-hybridized carbons (Fsp3) is 0. The highest BCUT2D eigenvalue weighted by molar-refractivity contribution is 5.63. The first-order chi connectivity index (χ1) is 10.8. The fourth-order valence-electron chi connectivity index (χ4n) is 1.71. The van der Waals surface area contributed by atoms with Crippen LogP contribution in [0.15, 0.2) is 86.0 Å². The van der Waals surface area contributed by atoms with Gasteiger partial charge in [0, 0.05) is 6.08 Å². The third-order valence-corrected chi connectivity index (χ3v) is 2.81. The maximum Gasteiger partial charge on any atom is 0.0912 e. The summed E-state index contributed by atoms with van der Waals surface area (Å²) in [5.41, 5.74) is 3.41. The third-order valence-electron chi connectivity index (χ3n) is 2.81. The molecule has 0 fully saturated rings. The molecule has 0 N–H and O–H groups in total. The van der Waals surface area contributed by atoms with E-state index in [0.29, 0.717) is 0 Å². The molecule has 0 unspecified atom stereocenters. The van der Waals surface area contributed by atoms with E-state index in [9.17, 15) is 0 Å². The summed E-state index contributed by atoms with van der Waals surface area (Å²) >= 11 is 0. The minimum absolute atomic E-state index is 1.14. The van der Waals surface area contributed by atoms with Crippen molar-refractivity contribution in [2.75, 3.05) is 0 Å². The van der Waals surface area contributed by atoms with Crippen LogP contribution < -0.4 is 0 Å². The van der Waals surface area contributed by atoms with Gasteiger partial charge in [0.2, 0.25) is 0 Å². The quantitative estimate of drug-likeness (QED) is 0.518. The standard InChI is InChI=1S/C11H9N.C10H10/c12-10-6-2-5-9-11-7-3-1-4-8-11;1-3-9-7-5-6-8-10(9)4-2/h1-9H;3-8H,1-2H2. The van der Waals surface area contributed by atoms with E-state index in [1.165, 1.54) is 6.08 Å². The van der Waals surface area contributed by atoms with Crippen LogP contribution in [0, 0.1) is 11.3 Å². The number of nitriles is 1. The highest BCUT2D eigenvalue weighted by atomic mass is 14.2. The summed E-state index contributed by atoms with van der Waals surface area (Å²) in [6.45, 7) is 7.38. The van der Waals surface area contributed by atoms with Crippen LogP contribution in [0.4, 0.5) is 0 Å². The van der Waals surface area contributed by atoms with Crippen LogP contribution in [0.3, 0.4) is 0 Å².